The maximum absolute atomic E-state index is 12.7. The first-order valence-corrected chi connectivity index (χ1v) is 10.3. The van der Waals surface area contributed by atoms with E-state index in [4.69, 9.17) is 16.6 Å². The Balaban J connectivity index is 1.43. The van der Waals surface area contributed by atoms with Gasteiger partial charge in [0.15, 0.2) is 0 Å². The van der Waals surface area contributed by atoms with E-state index in [1.807, 2.05) is 30.0 Å². The Labute approximate surface area is 181 Å². The van der Waals surface area contributed by atoms with E-state index in [2.05, 4.69) is 34.3 Å². The van der Waals surface area contributed by atoms with Crippen molar-refractivity contribution in [3.05, 3.63) is 76.4 Å². The number of halogens is 1. The fourth-order valence-electron chi connectivity index (χ4n) is 3.46. The molecule has 30 heavy (non-hydrogen) atoms. The second-order valence-corrected chi connectivity index (χ2v) is 7.91. The molecule has 1 N–H and O–H groups in total. The van der Waals surface area contributed by atoms with Crippen LogP contribution in [0.1, 0.15) is 21.6 Å². The predicted octanol–water partition coefficient (Wildman–Crippen LogP) is 4.45. The molecule has 1 fully saturated rings. The maximum atomic E-state index is 12.7. The summed E-state index contributed by atoms with van der Waals surface area (Å²) in [4.78, 5) is 26.0. The maximum Gasteiger partial charge on any atom is 0.254 e. The zero-order valence-corrected chi connectivity index (χ0v) is 17.9. The summed E-state index contributed by atoms with van der Waals surface area (Å²) in [5, 5.41) is 3.92. The van der Waals surface area contributed by atoms with Gasteiger partial charge in [-0.05, 0) is 44.2 Å². The highest BCUT2D eigenvalue weighted by Gasteiger charge is 2.24. The van der Waals surface area contributed by atoms with Crippen molar-refractivity contribution in [3.63, 3.8) is 0 Å². The van der Waals surface area contributed by atoms with Gasteiger partial charge in [0.2, 0.25) is 5.95 Å². The number of piperazine rings is 1. The fourth-order valence-corrected chi connectivity index (χ4v) is 3.65. The first-order chi connectivity index (χ1) is 14.5. The second-order valence-electron chi connectivity index (χ2n) is 7.48. The summed E-state index contributed by atoms with van der Waals surface area (Å²) in [5.74, 6) is 1.45. The lowest BCUT2D eigenvalue weighted by Crippen LogP contribution is -2.49. The van der Waals surface area contributed by atoms with Crippen LogP contribution in [-0.4, -0.2) is 47.0 Å². The topological polar surface area (TPSA) is 61.4 Å². The number of anilines is 3. The first-order valence-electron chi connectivity index (χ1n) is 9.97. The van der Waals surface area contributed by atoms with Crippen molar-refractivity contribution in [1.29, 1.82) is 0 Å². The molecule has 1 amide bonds. The molecule has 1 aliphatic rings. The molecule has 154 valence electrons. The molecular weight excluding hydrogens is 398 g/mol. The minimum absolute atomic E-state index is 0.00374. The van der Waals surface area contributed by atoms with Gasteiger partial charge in [0.05, 0.1) is 0 Å². The van der Waals surface area contributed by atoms with Crippen LogP contribution in [0.3, 0.4) is 0 Å². The van der Waals surface area contributed by atoms with Crippen LogP contribution >= 0.6 is 11.6 Å². The van der Waals surface area contributed by atoms with Gasteiger partial charge in [0.1, 0.15) is 5.82 Å². The van der Waals surface area contributed by atoms with Crippen LogP contribution in [0.4, 0.5) is 17.5 Å². The Kier molecular flexibility index (Phi) is 5.86. The van der Waals surface area contributed by atoms with Crippen LogP contribution in [0.5, 0.6) is 0 Å². The molecule has 0 aliphatic carbocycles. The zero-order chi connectivity index (χ0) is 21.1. The van der Waals surface area contributed by atoms with Gasteiger partial charge in [-0.25, -0.2) is 4.98 Å². The Bertz CT molecular complexity index is 1050. The summed E-state index contributed by atoms with van der Waals surface area (Å²) in [5.41, 5.74) is 3.71. The summed E-state index contributed by atoms with van der Waals surface area (Å²) in [7, 11) is 0. The van der Waals surface area contributed by atoms with Crippen molar-refractivity contribution >= 4 is 35.0 Å². The number of hydrogen-bond acceptors (Lipinski definition) is 5. The Morgan fingerprint density at radius 1 is 0.967 bits per heavy atom. The number of hydrogen-bond donors (Lipinski definition) is 1. The zero-order valence-electron chi connectivity index (χ0n) is 17.1. The minimum Gasteiger partial charge on any atom is -0.340 e. The molecule has 0 unspecified atom stereocenters. The lowest BCUT2D eigenvalue weighted by atomic mass is 10.2. The number of carbonyl (C=O) groups is 1. The highest BCUT2D eigenvalue weighted by molar-refractivity contribution is 6.30. The van der Waals surface area contributed by atoms with Crippen molar-refractivity contribution in [2.75, 3.05) is 36.4 Å². The normalized spacial score (nSPS) is 14.0. The smallest absolute Gasteiger partial charge is 0.254 e. The van der Waals surface area contributed by atoms with E-state index in [0.29, 0.717) is 42.7 Å². The number of nitrogens with zero attached hydrogens (tertiary/aromatic N) is 4. The van der Waals surface area contributed by atoms with E-state index in [1.165, 1.54) is 5.56 Å². The van der Waals surface area contributed by atoms with E-state index < -0.39 is 0 Å². The number of aromatic nitrogens is 2. The van der Waals surface area contributed by atoms with E-state index in [9.17, 15) is 4.79 Å². The molecule has 0 radical (unpaired) electrons. The summed E-state index contributed by atoms with van der Waals surface area (Å²) in [6.07, 6.45) is 0. The van der Waals surface area contributed by atoms with Gasteiger partial charge in [-0.1, -0.05) is 35.4 Å². The third kappa shape index (κ3) is 4.71. The summed E-state index contributed by atoms with van der Waals surface area (Å²) in [6.45, 7) is 6.62. The Morgan fingerprint density at radius 2 is 1.70 bits per heavy atom. The average Bonchev–Trinajstić information content (AvgIpc) is 2.74. The van der Waals surface area contributed by atoms with Gasteiger partial charge in [-0.15, -0.1) is 0 Å². The van der Waals surface area contributed by atoms with Crippen molar-refractivity contribution in [2.45, 2.75) is 13.8 Å². The monoisotopic (exact) mass is 421 g/mol. The minimum atomic E-state index is 0.00374. The van der Waals surface area contributed by atoms with Crippen LogP contribution in [0.15, 0.2) is 54.6 Å². The molecule has 1 aliphatic heterocycles. The van der Waals surface area contributed by atoms with Gasteiger partial charge in [0, 0.05) is 54.2 Å². The van der Waals surface area contributed by atoms with Gasteiger partial charge in [-0.2, -0.15) is 4.98 Å². The molecule has 2 aromatic carbocycles. The molecule has 3 aromatic rings. The molecule has 1 saturated heterocycles. The van der Waals surface area contributed by atoms with E-state index in [-0.39, 0.29) is 5.91 Å². The van der Waals surface area contributed by atoms with Crippen molar-refractivity contribution in [3.8, 4) is 0 Å². The summed E-state index contributed by atoms with van der Waals surface area (Å²) in [6, 6.07) is 17.2. The third-order valence-electron chi connectivity index (χ3n) is 5.09. The predicted molar refractivity (Wildman–Crippen MR) is 121 cm³/mol. The van der Waals surface area contributed by atoms with Crippen LogP contribution in [0.25, 0.3) is 0 Å². The van der Waals surface area contributed by atoms with Crippen LogP contribution in [-0.2, 0) is 0 Å². The molecule has 1 aromatic heterocycles. The number of carbonyl (C=O) groups excluding carboxylic acids is 1. The first kappa shape index (κ1) is 20.2. The fraction of sp³-hybridized carbons (Fsp3) is 0.261. The number of nitrogens with one attached hydrogen (secondary N) is 1. The average molecular weight is 422 g/mol. The Hall–Kier alpha value is -3.12. The summed E-state index contributed by atoms with van der Waals surface area (Å²) < 4.78 is 0. The molecule has 2 heterocycles. The molecule has 0 bridgehead atoms. The van der Waals surface area contributed by atoms with Crippen LogP contribution in [0, 0.1) is 13.8 Å². The third-order valence-corrected chi connectivity index (χ3v) is 5.32. The number of benzene rings is 2. The Morgan fingerprint density at radius 3 is 2.40 bits per heavy atom. The second kappa shape index (κ2) is 8.71. The van der Waals surface area contributed by atoms with E-state index in [1.54, 1.807) is 24.3 Å². The molecule has 0 spiro atoms. The van der Waals surface area contributed by atoms with Crippen molar-refractivity contribution in [2.24, 2.45) is 0 Å². The summed E-state index contributed by atoms with van der Waals surface area (Å²) >= 11 is 6.02. The van der Waals surface area contributed by atoms with Gasteiger partial charge < -0.3 is 15.1 Å². The quantitative estimate of drug-likeness (QED) is 0.674. The highest BCUT2D eigenvalue weighted by atomic mass is 35.5. The van der Waals surface area contributed by atoms with E-state index in [0.717, 1.165) is 17.2 Å². The standard InChI is InChI=1S/C23H24ClN5O/c1-16-6-8-20(9-7-16)26-21-14-17(2)25-23(27-21)29-12-10-28(11-13-29)22(30)18-4-3-5-19(24)15-18/h3-9,14-15H,10-13H2,1-2H3,(H,25,26,27). The SMILES string of the molecule is Cc1ccc(Nc2cc(C)nc(N3CCN(C(=O)c4cccc(Cl)c4)CC3)n2)cc1. The molecule has 6 nitrogen and oxygen atoms in total. The van der Waals surface area contributed by atoms with Crippen molar-refractivity contribution < 1.29 is 4.79 Å². The highest BCUT2D eigenvalue weighted by Crippen LogP contribution is 2.21. The van der Waals surface area contributed by atoms with Crippen molar-refractivity contribution in [1.82, 2.24) is 14.9 Å². The van der Waals surface area contributed by atoms with Gasteiger partial charge in [0.25, 0.3) is 5.91 Å². The van der Waals surface area contributed by atoms with Gasteiger partial charge in [-0.3, -0.25) is 4.79 Å². The van der Waals surface area contributed by atoms with Crippen LogP contribution in [0.2, 0.25) is 5.02 Å². The number of rotatable bonds is 4. The molecule has 7 heteroatoms. The van der Waals surface area contributed by atoms with Gasteiger partial charge >= 0.3 is 0 Å². The molecule has 0 saturated carbocycles. The van der Waals surface area contributed by atoms with Crippen LogP contribution < -0.4 is 10.2 Å². The molecular formula is C23H24ClN5O. The number of amides is 1. The lowest BCUT2D eigenvalue weighted by Gasteiger charge is -2.35. The largest absolute Gasteiger partial charge is 0.340 e. The molecule has 0 atom stereocenters. The number of aryl methyl sites for hydroxylation is 2. The lowest BCUT2D eigenvalue weighted by molar-refractivity contribution is 0.0746. The molecule has 4 rings (SSSR count). The van der Waals surface area contributed by atoms with E-state index >= 15 is 0 Å².